The van der Waals surface area contributed by atoms with Gasteiger partial charge < -0.3 is 10.4 Å². The molecule has 1 aromatic carbocycles. The lowest BCUT2D eigenvalue weighted by Crippen LogP contribution is -2.34. The third-order valence-electron chi connectivity index (χ3n) is 3.35. The molecule has 2 N–H and O–H groups in total. The Kier molecular flexibility index (Phi) is 5.09. The Labute approximate surface area is 126 Å². The number of nitrogens with zero attached hydrogens (tertiary/aromatic N) is 3. The molecule has 0 unspecified atom stereocenters. The van der Waals surface area contributed by atoms with Crippen molar-refractivity contribution in [2.45, 2.75) is 45.3 Å². The van der Waals surface area contributed by atoms with Gasteiger partial charge in [0.05, 0.1) is 24.0 Å². The van der Waals surface area contributed by atoms with Gasteiger partial charge in [-0.1, -0.05) is 35.5 Å². The van der Waals surface area contributed by atoms with Gasteiger partial charge in [-0.25, -0.2) is 4.68 Å². The van der Waals surface area contributed by atoms with Gasteiger partial charge in [-0.3, -0.25) is 0 Å². The molecule has 5 heteroatoms. The van der Waals surface area contributed by atoms with Crippen LogP contribution in [0.4, 0.5) is 0 Å². The van der Waals surface area contributed by atoms with Crippen molar-refractivity contribution in [2.24, 2.45) is 0 Å². The molecule has 0 bridgehead atoms. The quantitative estimate of drug-likeness (QED) is 0.849. The Morgan fingerprint density at radius 2 is 1.95 bits per heavy atom. The first-order valence-electron chi connectivity index (χ1n) is 7.29. The topological polar surface area (TPSA) is 63.0 Å². The molecule has 0 amide bonds. The van der Waals surface area contributed by atoms with Gasteiger partial charge in [0.15, 0.2) is 0 Å². The van der Waals surface area contributed by atoms with Gasteiger partial charge in [-0.2, -0.15) is 0 Å². The van der Waals surface area contributed by atoms with E-state index in [1.807, 2.05) is 29.1 Å². The number of rotatable bonds is 6. The van der Waals surface area contributed by atoms with E-state index in [-0.39, 0.29) is 18.2 Å². The van der Waals surface area contributed by atoms with Gasteiger partial charge in [-0.05, 0) is 32.8 Å². The molecule has 114 valence electrons. The lowest BCUT2D eigenvalue weighted by atomic mass is 10.1. The lowest BCUT2D eigenvalue weighted by molar-refractivity contribution is 0.240. The zero-order valence-electron chi connectivity index (χ0n) is 13.0. The predicted molar refractivity (Wildman–Crippen MR) is 82.9 cm³/mol. The molecule has 0 saturated heterocycles. The average Bonchev–Trinajstić information content (AvgIpc) is 2.93. The van der Waals surface area contributed by atoms with Crippen molar-refractivity contribution in [3.05, 3.63) is 47.8 Å². The zero-order chi connectivity index (χ0) is 15.3. The van der Waals surface area contributed by atoms with Crippen LogP contribution in [0.15, 0.2) is 36.5 Å². The van der Waals surface area contributed by atoms with E-state index in [1.165, 1.54) is 5.56 Å². The van der Waals surface area contributed by atoms with Crippen LogP contribution in [0.1, 0.15) is 32.0 Å². The van der Waals surface area contributed by atoms with E-state index in [2.05, 4.69) is 48.5 Å². The van der Waals surface area contributed by atoms with E-state index in [1.54, 1.807) is 0 Å². The first kappa shape index (κ1) is 15.7. The van der Waals surface area contributed by atoms with Gasteiger partial charge in [0.25, 0.3) is 0 Å². The Morgan fingerprint density at radius 3 is 2.52 bits per heavy atom. The summed E-state index contributed by atoms with van der Waals surface area (Å²) in [5.74, 6) is 0. The monoisotopic (exact) mass is 288 g/mol. The molecule has 0 fully saturated rings. The van der Waals surface area contributed by atoms with Crippen molar-refractivity contribution < 1.29 is 5.11 Å². The molecule has 1 aromatic heterocycles. The Morgan fingerprint density at radius 1 is 1.24 bits per heavy atom. The number of aliphatic hydroxyl groups is 1. The molecule has 21 heavy (non-hydrogen) atoms. The van der Waals surface area contributed by atoms with Crippen LogP contribution in [0.5, 0.6) is 0 Å². The molecule has 5 nitrogen and oxygen atoms in total. The minimum Gasteiger partial charge on any atom is -0.395 e. The molecule has 0 radical (unpaired) electrons. The fourth-order valence-electron chi connectivity index (χ4n) is 2.06. The van der Waals surface area contributed by atoms with Crippen LogP contribution in [0, 0.1) is 0 Å². The summed E-state index contributed by atoms with van der Waals surface area (Å²) in [7, 11) is 0. The van der Waals surface area contributed by atoms with Crippen LogP contribution in [0.3, 0.4) is 0 Å². The Balaban J connectivity index is 1.90. The molecule has 0 aliphatic heterocycles. The summed E-state index contributed by atoms with van der Waals surface area (Å²) in [6.07, 6.45) is 2.74. The van der Waals surface area contributed by atoms with Gasteiger partial charge in [0.1, 0.15) is 0 Å². The number of hydrogen-bond donors (Lipinski definition) is 2. The second-order valence-electron chi connectivity index (χ2n) is 6.28. The Bertz CT molecular complexity index is 545. The zero-order valence-corrected chi connectivity index (χ0v) is 13.0. The summed E-state index contributed by atoms with van der Waals surface area (Å²) in [6, 6.07) is 10.2. The fourth-order valence-corrected chi connectivity index (χ4v) is 2.06. The van der Waals surface area contributed by atoms with Crippen molar-refractivity contribution >= 4 is 0 Å². The number of hydrogen-bond acceptors (Lipinski definition) is 4. The van der Waals surface area contributed by atoms with Crippen LogP contribution >= 0.6 is 0 Å². The largest absolute Gasteiger partial charge is 0.395 e. The van der Waals surface area contributed by atoms with E-state index >= 15 is 0 Å². The lowest BCUT2D eigenvalue weighted by Gasteiger charge is -2.17. The highest BCUT2D eigenvalue weighted by molar-refractivity contribution is 5.16. The van der Waals surface area contributed by atoms with Crippen molar-refractivity contribution in [2.75, 3.05) is 6.61 Å². The number of aromatic nitrogens is 3. The second kappa shape index (κ2) is 6.83. The van der Waals surface area contributed by atoms with Gasteiger partial charge >= 0.3 is 0 Å². The van der Waals surface area contributed by atoms with E-state index in [0.29, 0.717) is 6.54 Å². The molecule has 0 aliphatic carbocycles. The fraction of sp³-hybridized carbons (Fsp3) is 0.500. The van der Waals surface area contributed by atoms with Crippen LogP contribution < -0.4 is 5.32 Å². The third kappa shape index (κ3) is 4.65. The summed E-state index contributed by atoms with van der Waals surface area (Å²) in [5.41, 5.74) is 2.03. The summed E-state index contributed by atoms with van der Waals surface area (Å²) < 4.78 is 1.86. The highest BCUT2D eigenvalue weighted by Crippen LogP contribution is 2.11. The molecular formula is C16H24N4O. The highest BCUT2D eigenvalue weighted by Gasteiger charge is 2.15. The van der Waals surface area contributed by atoms with Crippen molar-refractivity contribution in [3.63, 3.8) is 0 Å². The normalized spacial score (nSPS) is 13.3. The summed E-state index contributed by atoms with van der Waals surface area (Å²) >= 11 is 0. The summed E-state index contributed by atoms with van der Waals surface area (Å²) in [4.78, 5) is 0. The van der Waals surface area contributed by atoms with Crippen molar-refractivity contribution in [3.8, 4) is 0 Å². The minimum absolute atomic E-state index is 0.0205. The standard InChI is InChI=1S/C16H24N4O/c1-16(2,3)20-11-15(18-19-20)10-17-14(12-21)9-13-7-5-4-6-8-13/h4-8,11,14,17,21H,9-10,12H2,1-3H3/t14-/m1/s1. The smallest absolute Gasteiger partial charge is 0.0965 e. The highest BCUT2D eigenvalue weighted by atomic mass is 16.3. The van der Waals surface area contributed by atoms with E-state index in [0.717, 1.165) is 12.1 Å². The van der Waals surface area contributed by atoms with Gasteiger partial charge in [-0.15, -0.1) is 5.10 Å². The first-order chi connectivity index (χ1) is 9.99. The van der Waals surface area contributed by atoms with Crippen LogP contribution in [-0.4, -0.2) is 32.7 Å². The third-order valence-corrected chi connectivity index (χ3v) is 3.35. The maximum atomic E-state index is 9.50. The Hall–Kier alpha value is -1.72. The van der Waals surface area contributed by atoms with Gasteiger partial charge in [0, 0.05) is 12.6 Å². The van der Waals surface area contributed by atoms with E-state index in [4.69, 9.17) is 0 Å². The van der Waals surface area contributed by atoms with Gasteiger partial charge in [0.2, 0.25) is 0 Å². The first-order valence-corrected chi connectivity index (χ1v) is 7.29. The maximum Gasteiger partial charge on any atom is 0.0965 e. The second-order valence-corrected chi connectivity index (χ2v) is 6.28. The van der Waals surface area contributed by atoms with E-state index < -0.39 is 0 Å². The summed E-state index contributed by atoms with van der Waals surface area (Å²) in [5, 5.41) is 21.1. The SMILES string of the molecule is CC(C)(C)n1cc(CN[C@@H](CO)Cc2ccccc2)nn1. The van der Waals surface area contributed by atoms with E-state index in [9.17, 15) is 5.11 Å². The molecular weight excluding hydrogens is 264 g/mol. The van der Waals surface area contributed by atoms with Crippen molar-refractivity contribution in [1.29, 1.82) is 0 Å². The number of aliphatic hydroxyl groups excluding tert-OH is 1. The van der Waals surface area contributed by atoms with Crippen LogP contribution in [0.2, 0.25) is 0 Å². The predicted octanol–water partition coefficient (Wildman–Crippen LogP) is 1.73. The molecule has 0 saturated carbocycles. The van der Waals surface area contributed by atoms with Crippen LogP contribution in [-0.2, 0) is 18.5 Å². The molecule has 2 rings (SSSR count). The minimum atomic E-state index is -0.0638. The molecule has 1 heterocycles. The van der Waals surface area contributed by atoms with Crippen LogP contribution in [0.25, 0.3) is 0 Å². The average molecular weight is 288 g/mol. The number of nitrogens with one attached hydrogen (secondary N) is 1. The summed E-state index contributed by atoms with van der Waals surface area (Å²) in [6.45, 7) is 6.97. The number of benzene rings is 1. The molecule has 1 atom stereocenters. The maximum absolute atomic E-state index is 9.50. The molecule has 2 aromatic rings. The van der Waals surface area contributed by atoms with Crippen molar-refractivity contribution in [1.82, 2.24) is 20.3 Å². The molecule has 0 spiro atoms. The molecule has 0 aliphatic rings.